The SMILES string of the molecule is N=CC12CC(F)CN1C(=O)CN(C1CCC(Cn3cncn3)C1)C2=N. The molecule has 1 amide bonds. The molecule has 2 N–H and O–H groups in total. The molecule has 0 aromatic carbocycles. The molecule has 8 nitrogen and oxygen atoms in total. The van der Waals surface area contributed by atoms with Gasteiger partial charge in [-0.3, -0.25) is 14.9 Å². The van der Waals surface area contributed by atoms with E-state index in [4.69, 9.17) is 10.8 Å². The van der Waals surface area contributed by atoms with Crippen LogP contribution in [-0.2, 0) is 11.3 Å². The van der Waals surface area contributed by atoms with Gasteiger partial charge in [-0.05, 0) is 25.2 Å². The van der Waals surface area contributed by atoms with Crippen molar-refractivity contribution in [2.75, 3.05) is 13.1 Å². The smallest absolute Gasteiger partial charge is 0.243 e. The summed E-state index contributed by atoms with van der Waals surface area (Å²) in [5.41, 5.74) is -1.20. The minimum atomic E-state index is -1.20. The summed E-state index contributed by atoms with van der Waals surface area (Å²) in [6, 6.07) is 0.0857. The van der Waals surface area contributed by atoms with Crippen LogP contribution in [0.15, 0.2) is 12.7 Å². The molecule has 1 aliphatic carbocycles. The summed E-state index contributed by atoms with van der Waals surface area (Å²) in [6.07, 6.45) is 5.89. The molecule has 1 aromatic rings. The fraction of sp³-hybridized carbons (Fsp3) is 0.688. The van der Waals surface area contributed by atoms with Gasteiger partial charge in [0.1, 0.15) is 30.2 Å². The normalized spacial score (nSPS) is 35.3. The van der Waals surface area contributed by atoms with Crippen LogP contribution in [-0.4, -0.2) is 73.4 Å². The Morgan fingerprint density at radius 3 is 3.00 bits per heavy atom. The average molecular weight is 347 g/mol. The van der Waals surface area contributed by atoms with Crippen LogP contribution in [0.4, 0.5) is 4.39 Å². The van der Waals surface area contributed by atoms with Crippen molar-refractivity contribution < 1.29 is 9.18 Å². The minimum absolute atomic E-state index is 0.00990. The number of alkyl halides is 1. The van der Waals surface area contributed by atoms with Crippen LogP contribution in [0.2, 0.25) is 0 Å². The van der Waals surface area contributed by atoms with Gasteiger partial charge in [-0.25, -0.2) is 9.37 Å². The number of halogens is 1. The second kappa shape index (κ2) is 5.89. The van der Waals surface area contributed by atoms with E-state index in [1.165, 1.54) is 11.2 Å². The number of fused-ring (bicyclic) bond motifs is 1. The first kappa shape index (κ1) is 16.2. The Labute approximate surface area is 145 Å². The average Bonchev–Trinajstić information content (AvgIpc) is 3.32. The van der Waals surface area contributed by atoms with Gasteiger partial charge in [0.25, 0.3) is 0 Å². The van der Waals surface area contributed by atoms with Crippen LogP contribution in [0.3, 0.4) is 0 Å². The zero-order chi connectivity index (χ0) is 17.6. The van der Waals surface area contributed by atoms with Crippen LogP contribution in [0.1, 0.15) is 25.7 Å². The first-order valence-electron chi connectivity index (χ1n) is 8.68. The number of hydrogen-bond donors (Lipinski definition) is 2. The van der Waals surface area contributed by atoms with Crippen LogP contribution in [0.25, 0.3) is 0 Å². The third-order valence-corrected chi connectivity index (χ3v) is 5.80. The van der Waals surface area contributed by atoms with Crippen molar-refractivity contribution >= 4 is 18.0 Å². The fourth-order valence-electron chi connectivity index (χ4n) is 4.59. The Balaban J connectivity index is 1.50. The molecule has 4 unspecified atom stereocenters. The predicted molar refractivity (Wildman–Crippen MR) is 88.3 cm³/mol. The van der Waals surface area contributed by atoms with Crippen molar-refractivity contribution in [2.24, 2.45) is 5.92 Å². The molecule has 2 aliphatic heterocycles. The number of aromatic nitrogens is 3. The molecule has 9 heteroatoms. The molecule has 0 radical (unpaired) electrons. The molecule has 3 aliphatic rings. The molecule has 134 valence electrons. The van der Waals surface area contributed by atoms with Crippen molar-refractivity contribution in [3.63, 3.8) is 0 Å². The number of amides is 1. The molecule has 1 aromatic heterocycles. The first-order valence-corrected chi connectivity index (χ1v) is 8.68. The van der Waals surface area contributed by atoms with E-state index in [-0.39, 0.29) is 37.3 Å². The van der Waals surface area contributed by atoms with Crippen LogP contribution < -0.4 is 0 Å². The number of nitrogens with one attached hydrogen (secondary N) is 2. The molecule has 4 rings (SSSR count). The highest BCUT2D eigenvalue weighted by atomic mass is 19.1. The molecular formula is C16H22FN7O. The summed E-state index contributed by atoms with van der Waals surface area (Å²) >= 11 is 0. The number of nitrogens with zero attached hydrogens (tertiary/aromatic N) is 5. The Kier molecular flexibility index (Phi) is 3.81. The molecule has 25 heavy (non-hydrogen) atoms. The van der Waals surface area contributed by atoms with Gasteiger partial charge in [0.2, 0.25) is 5.91 Å². The zero-order valence-electron chi connectivity index (χ0n) is 13.9. The molecule has 3 heterocycles. The number of piperazine rings is 1. The molecular weight excluding hydrogens is 325 g/mol. The summed E-state index contributed by atoms with van der Waals surface area (Å²) in [6.45, 7) is 0.881. The van der Waals surface area contributed by atoms with Gasteiger partial charge in [0.05, 0.1) is 13.1 Å². The second-order valence-electron chi connectivity index (χ2n) is 7.30. The lowest BCUT2D eigenvalue weighted by Crippen LogP contribution is -2.67. The van der Waals surface area contributed by atoms with Crippen molar-refractivity contribution in [1.29, 1.82) is 10.8 Å². The number of hydrogen-bond acceptors (Lipinski definition) is 5. The maximum absolute atomic E-state index is 14.0. The topological polar surface area (TPSA) is 102 Å². The molecule has 0 spiro atoms. The summed E-state index contributed by atoms with van der Waals surface area (Å²) in [4.78, 5) is 19.7. The minimum Gasteiger partial charge on any atom is -0.346 e. The molecule has 2 saturated heterocycles. The van der Waals surface area contributed by atoms with Gasteiger partial charge in [0.15, 0.2) is 0 Å². The number of amidine groups is 1. The van der Waals surface area contributed by atoms with Gasteiger partial charge >= 0.3 is 0 Å². The summed E-state index contributed by atoms with van der Waals surface area (Å²) in [5.74, 6) is 0.439. The van der Waals surface area contributed by atoms with E-state index in [0.717, 1.165) is 32.0 Å². The van der Waals surface area contributed by atoms with Crippen LogP contribution in [0.5, 0.6) is 0 Å². The third-order valence-electron chi connectivity index (χ3n) is 5.80. The van der Waals surface area contributed by atoms with Crippen LogP contribution >= 0.6 is 0 Å². The standard InChI is InChI=1S/C16H22FN7O/c17-12-4-16(8-18)15(19)23(7-14(25)24(16)6-12)13-2-1-11(3-13)5-22-10-20-9-21-22/h8-13,18-19H,1-7H2. The van der Waals surface area contributed by atoms with Crippen molar-refractivity contribution in [2.45, 2.75) is 50.0 Å². The Hall–Kier alpha value is -2.32. The third kappa shape index (κ3) is 2.52. The molecule has 0 bridgehead atoms. The summed E-state index contributed by atoms with van der Waals surface area (Å²) in [7, 11) is 0. The fourth-order valence-corrected chi connectivity index (χ4v) is 4.59. The van der Waals surface area contributed by atoms with E-state index in [1.54, 1.807) is 6.33 Å². The Bertz CT molecular complexity index is 693. The maximum Gasteiger partial charge on any atom is 0.243 e. The summed E-state index contributed by atoms with van der Waals surface area (Å²) in [5, 5.41) is 20.5. The summed E-state index contributed by atoms with van der Waals surface area (Å²) < 4.78 is 15.8. The Morgan fingerprint density at radius 1 is 1.44 bits per heavy atom. The van der Waals surface area contributed by atoms with Crippen LogP contribution in [0, 0.1) is 16.7 Å². The second-order valence-corrected chi connectivity index (χ2v) is 7.30. The number of carbonyl (C=O) groups excluding carboxylic acids is 1. The van der Waals surface area contributed by atoms with E-state index >= 15 is 0 Å². The molecule has 1 saturated carbocycles. The number of carbonyl (C=O) groups is 1. The van der Waals surface area contributed by atoms with Gasteiger partial charge in [0, 0.05) is 25.2 Å². The highest BCUT2D eigenvalue weighted by Gasteiger charge is 2.56. The van der Waals surface area contributed by atoms with Gasteiger partial charge in [-0.2, -0.15) is 5.10 Å². The lowest BCUT2D eigenvalue weighted by molar-refractivity contribution is -0.135. The Morgan fingerprint density at radius 2 is 2.28 bits per heavy atom. The van der Waals surface area contributed by atoms with E-state index in [1.807, 2.05) is 9.58 Å². The van der Waals surface area contributed by atoms with E-state index in [9.17, 15) is 9.18 Å². The van der Waals surface area contributed by atoms with E-state index < -0.39 is 11.7 Å². The van der Waals surface area contributed by atoms with Gasteiger partial charge < -0.3 is 15.2 Å². The van der Waals surface area contributed by atoms with Crippen molar-refractivity contribution in [1.82, 2.24) is 24.6 Å². The van der Waals surface area contributed by atoms with E-state index in [0.29, 0.717) is 5.92 Å². The predicted octanol–water partition coefficient (Wildman–Crippen LogP) is 0.698. The van der Waals surface area contributed by atoms with E-state index in [2.05, 4.69) is 10.1 Å². The van der Waals surface area contributed by atoms with Gasteiger partial charge in [-0.1, -0.05) is 0 Å². The van der Waals surface area contributed by atoms with Gasteiger partial charge in [-0.15, -0.1) is 0 Å². The quantitative estimate of drug-likeness (QED) is 0.783. The van der Waals surface area contributed by atoms with Crippen molar-refractivity contribution in [3.05, 3.63) is 12.7 Å². The first-order chi connectivity index (χ1) is 12.0. The lowest BCUT2D eigenvalue weighted by atomic mass is 9.91. The molecule has 4 atom stereocenters. The largest absolute Gasteiger partial charge is 0.346 e. The lowest BCUT2D eigenvalue weighted by Gasteiger charge is -2.47. The zero-order valence-corrected chi connectivity index (χ0v) is 13.9. The maximum atomic E-state index is 14.0. The monoisotopic (exact) mass is 347 g/mol. The number of rotatable bonds is 4. The highest BCUT2D eigenvalue weighted by molar-refractivity contribution is 6.11. The van der Waals surface area contributed by atoms with Crippen molar-refractivity contribution in [3.8, 4) is 0 Å². The molecule has 3 fully saturated rings. The highest BCUT2D eigenvalue weighted by Crippen LogP contribution is 2.39.